The number of rotatable bonds is 3. The highest BCUT2D eigenvalue weighted by Crippen LogP contribution is 2.30. The number of ether oxygens (including phenoxy) is 1. The third kappa shape index (κ3) is 2.22. The SMILES string of the molecule is Cc1cc(Oc2ncnc3c2CCC3)ccc1C(=O)O. The van der Waals surface area contributed by atoms with Gasteiger partial charge in [-0.1, -0.05) is 0 Å². The normalized spacial score (nSPS) is 13.1. The lowest BCUT2D eigenvalue weighted by molar-refractivity contribution is 0.0696. The number of carbonyl (C=O) groups is 1. The van der Waals surface area contributed by atoms with E-state index in [0.29, 0.717) is 17.2 Å². The molecule has 5 nitrogen and oxygen atoms in total. The Morgan fingerprint density at radius 2 is 2.15 bits per heavy atom. The maximum atomic E-state index is 11.0. The van der Waals surface area contributed by atoms with Crippen LogP contribution in [0, 0.1) is 6.92 Å². The van der Waals surface area contributed by atoms with Gasteiger partial charge in [0.05, 0.1) is 11.3 Å². The van der Waals surface area contributed by atoms with Gasteiger partial charge in [-0.2, -0.15) is 0 Å². The minimum Gasteiger partial charge on any atom is -0.478 e. The Morgan fingerprint density at radius 3 is 2.90 bits per heavy atom. The summed E-state index contributed by atoms with van der Waals surface area (Å²) in [5.41, 5.74) is 3.06. The highest BCUT2D eigenvalue weighted by molar-refractivity contribution is 5.89. The lowest BCUT2D eigenvalue weighted by Crippen LogP contribution is -2.01. The van der Waals surface area contributed by atoms with Gasteiger partial charge in [0.2, 0.25) is 5.88 Å². The van der Waals surface area contributed by atoms with Gasteiger partial charge in [-0.25, -0.2) is 14.8 Å². The molecule has 0 aliphatic heterocycles. The van der Waals surface area contributed by atoms with Gasteiger partial charge in [-0.05, 0) is 49.9 Å². The quantitative estimate of drug-likeness (QED) is 0.928. The molecule has 1 aromatic carbocycles. The Kier molecular flexibility index (Phi) is 3.10. The molecule has 0 radical (unpaired) electrons. The lowest BCUT2D eigenvalue weighted by atomic mass is 10.1. The van der Waals surface area contributed by atoms with Crippen molar-refractivity contribution >= 4 is 5.97 Å². The van der Waals surface area contributed by atoms with Crippen LogP contribution in [0.1, 0.15) is 33.6 Å². The van der Waals surface area contributed by atoms with Crippen molar-refractivity contribution in [3.8, 4) is 11.6 Å². The first kappa shape index (κ1) is 12.6. The van der Waals surface area contributed by atoms with Crippen LogP contribution in [0.5, 0.6) is 11.6 Å². The maximum Gasteiger partial charge on any atom is 0.335 e. The summed E-state index contributed by atoms with van der Waals surface area (Å²) in [6.45, 7) is 1.75. The summed E-state index contributed by atoms with van der Waals surface area (Å²) in [5, 5.41) is 9.01. The van der Waals surface area contributed by atoms with Crippen LogP contribution in [0.2, 0.25) is 0 Å². The van der Waals surface area contributed by atoms with E-state index in [2.05, 4.69) is 9.97 Å². The van der Waals surface area contributed by atoms with Crippen LogP contribution >= 0.6 is 0 Å². The topological polar surface area (TPSA) is 72.3 Å². The van der Waals surface area contributed by atoms with E-state index in [1.165, 1.54) is 6.33 Å². The van der Waals surface area contributed by atoms with Crippen LogP contribution in [0.15, 0.2) is 24.5 Å². The van der Waals surface area contributed by atoms with Crippen molar-refractivity contribution in [2.24, 2.45) is 0 Å². The van der Waals surface area contributed by atoms with Gasteiger partial charge in [0.1, 0.15) is 12.1 Å². The van der Waals surface area contributed by atoms with E-state index in [1.54, 1.807) is 25.1 Å². The summed E-state index contributed by atoms with van der Waals surface area (Å²) in [4.78, 5) is 19.4. The summed E-state index contributed by atoms with van der Waals surface area (Å²) >= 11 is 0. The van der Waals surface area contributed by atoms with E-state index in [1.807, 2.05) is 0 Å². The summed E-state index contributed by atoms with van der Waals surface area (Å²) < 4.78 is 5.79. The largest absolute Gasteiger partial charge is 0.478 e. The zero-order valence-corrected chi connectivity index (χ0v) is 11.1. The maximum absolute atomic E-state index is 11.0. The molecule has 1 aliphatic rings. The lowest BCUT2D eigenvalue weighted by Gasteiger charge is -2.10. The molecule has 0 bridgehead atoms. The average molecular weight is 270 g/mol. The van der Waals surface area contributed by atoms with Gasteiger partial charge in [0, 0.05) is 5.56 Å². The second kappa shape index (κ2) is 4.92. The molecule has 2 aromatic rings. The Hall–Kier alpha value is -2.43. The number of nitrogens with zero attached hydrogens (tertiary/aromatic N) is 2. The summed E-state index contributed by atoms with van der Waals surface area (Å²) in [5.74, 6) is 0.243. The average Bonchev–Trinajstić information content (AvgIpc) is 2.87. The van der Waals surface area contributed by atoms with Crippen LogP contribution in [0.25, 0.3) is 0 Å². The Balaban J connectivity index is 1.91. The van der Waals surface area contributed by atoms with Crippen LogP contribution in [0.3, 0.4) is 0 Å². The van der Waals surface area contributed by atoms with Crippen molar-refractivity contribution in [2.75, 3.05) is 0 Å². The number of hydrogen-bond donors (Lipinski definition) is 1. The molecule has 102 valence electrons. The number of aryl methyl sites for hydroxylation is 2. The molecule has 1 aliphatic carbocycles. The number of hydrogen-bond acceptors (Lipinski definition) is 4. The van der Waals surface area contributed by atoms with E-state index in [4.69, 9.17) is 9.84 Å². The molecule has 0 amide bonds. The Labute approximate surface area is 116 Å². The molecule has 0 spiro atoms. The number of aromatic carboxylic acids is 1. The predicted molar refractivity (Wildman–Crippen MR) is 72.3 cm³/mol. The van der Waals surface area contributed by atoms with Gasteiger partial charge >= 0.3 is 5.97 Å². The monoisotopic (exact) mass is 270 g/mol. The Morgan fingerprint density at radius 1 is 1.30 bits per heavy atom. The summed E-state index contributed by atoms with van der Waals surface area (Å²) in [7, 11) is 0. The first-order valence-electron chi connectivity index (χ1n) is 6.49. The molecule has 3 rings (SSSR count). The molecule has 1 N–H and O–H groups in total. The van der Waals surface area contributed by atoms with E-state index in [9.17, 15) is 4.79 Å². The molecule has 20 heavy (non-hydrogen) atoms. The molecule has 0 fully saturated rings. The molecular formula is C15H14N2O3. The number of aromatic nitrogens is 2. The second-order valence-electron chi connectivity index (χ2n) is 4.84. The van der Waals surface area contributed by atoms with Gasteiger partial charge in [0.15, 0.2) is 0 Å². The Bertz CT molecular complexity index is 683. The summed E-state index contributed by atoms with van der Waals surface area (Å²) in [6.07, 6.45) is 4.47. The summed E-state index contributed by atoms with van der Waals surface area (Å²) in [6, 6.07) is 4.92. The van der Waals surface area contributed by atoms with E-state index in [-0.39, 0.29) is 5.56 Å². The van der Waals surface area contributed by atoms with Crippen molar-refractivity contribution < 1.29 is 14.6 Å². The minimum absolute atomic E-state index is 0.283. The van der Waals surface area contributed by atoms with Crippen LogP contribution < -0.4 is 4.74 Å². The highest BCUT2D eigenvalue weighted by atomic mass is 16.5. The van der Waals surface area contributed by atoms with Crippen molar-refractivity contribution in [3.05, 3.63) is 46.9 Å². The van der Waals surface area contributed by atoms with Crippen LogP contribution in [-0.2, 0) is 12.8 Å². The number of fused-ring (bicyclic) bond motifs is 1. The van der Waals surface area contributed by atoms with Crippen molar-refractivity contribution in [1.29, 1.82) is 0 Å². The molecule has 0 atom stereocenters. The second-order valence-corrected chi connectivity index (χ2v) is 4.84. The van der Waals surface area contributed by atoms with Gasteiger partial charge in [0.25, 0.3) is 0 Å². The first-order chi connectivity index (χ1) is 9.65. The van der Waals surface area contributed by atoms with E-state index in [0.717, 1.165) is 30.5 Å². The van der Waals surface area contributed by atoms with Crippen molar-refractivity contribution in [1.82, 2.24) is 9.97 Å². The number of benzene rings is 1. The zero-order chi connectivity index (χ0) is 14.1. The van der Waals surface area contributed by atoms with Crippen molar-refractivity contribution in [3.63, 3.8) is 0 Å². The first-order valence-corrected chi connectivity index (χ1v) is 6.49. The minimum atomic E-state index is -0.933. The van der Waals surface area contributed by atoms with Crippen molar-refractivity contribution in [2.45, 2.75) is 26.2 Å². The van der Waals surface area contributed by atoms with Gasteiger partial charge < -0.3 is 9.84 Å². The third-order valence-electron chi connectivity index (χ3n) is 3.48. The fourth-order valence-corrected chi connectivity index (χ4v) is 2.47. The molecule has 1 heterocycles. The molecule has 0 unspecified atom stereocenters. The fourth-order valence-electron chi connectivity index (χ4n) is 2.47. The number of carboxylic acids is 1. The van der Waals surface area contributed by atoms with E-state index < -0.39 is 5.97 Å². The standard InChI is InChI=1S/C15H14N2O3/c1-9-7-10(5-6-11(9)15(18)19)20-14-12-3-2-4-13(12)16-8-17-14/h5-8H,2-4H2,1H3,(H,18,19). The fraction of sp³-hybridized carbons (Fsp3) is 0.267. The molecule has 0 saturated heterocycles. The molecule has 0 saturated carbocycles. The van der Waals surface area contributed by atoms with Crippen LogP contribution in [-0.4, -0.2) is 21.0 Å². The zero-order valence-electron chi connectivity index (χ0n) is 11.1. The number of carboxylic acid groups (broad SMARTS) is 1. The van der Waals surface area contributed by atoms with Gasteiger partial charge in [-0.15, -0.1) is 0 Å². The van der Waals surface area contributed by atoms with Crippen LogP contribution in [0.4, 0.5) is 0 Å². The van der Waals surface area contributed by atoms with E-state index >= 15 is 0 Å². The smallest absolute Gasteiger partial charge is 0.335 e. The molecular weight excluding hydrogens is 256 g/mol. The molecule has 1 aromatic heterocycles. The molecule has 5 heteroatoms. The highest BCUT2D eigenvalue weighted by Gasteiger charge is 2.18. The predicted octanol–water partition coefficient (Wildman–Crippen LogP) is 2.76. The van der Waals surface area contributed by atoms with Gasteiger partial charge in [-0.3, -0.25) is 0 Å². The third-order valence-corrected chi connectivity index (χ3v) is 3.48.